The van der Waals surface area contributed by atoms with Gasteiger partial charge in [0.1, 0.15) is 6.04 Å². The first-order valence-corrected chi connectivity index (χ1v) is 14.4. The van der Waals surface area contributed by atoms with Crippen LogP contribution in [0.1, 0.15) is 71.4 Å². The van der Waals surface area contributed by atoms with E-state index < -0.39 is 36.4 Å². The number of likely N-dealkylation sites (tertiary alicyclic amines) is 1. The van der Waals surface area contributed by atoms with Crippen LogP contribution in [0.25, 0.3) is 0 Å². The van der Waals surface area contributed by atoms with Crippen molar-refractivity contribution in [2.45, 2.75) is 57.9 Å². The molecule has 7 heteroatoms. The third kappa shape index (κ3) is 4.35. The maximum atomic E-state index is 14.1. The van der Waals surface area contributed by atoms with E-state index in [4.69, 9.17) is 4.74 Å². The normalized spacial score (nSPS) is 22.6. The molecular formula is C34H34N2O5. The second kappa shape index (κ2) is 10.6. The predicted molar refractivity (Wildman–Crippen MR) is 154 cm³/mol. The van der Waals surface area contributed by atoms with Gasteiger partial charge in [0.15, 0.2) is 6.61 Å². The van der Waals surface area contributed by atoms with Crippen molar-refractivity contribution in [3.05, 3.63) is 100 Å². The molecule has 0 aromatic heterocycles. The lowest BCUT2D eigenvalue weighted by molar-refractivity contribution is -0.160. The predicted octanol–water partition coefficient (Wildman–Crippen LogP) is 5.24. The van der Waals surface area contributed by atoms with Crippen molar-refractivity contribution in [2.75, 3.05) is 11.9 Å². The van der Waals surface area contributed by atoms with Crippen molar-refractivity contribution < 1.29 is 23.9 Å². The molecule has 2 bridgehead atoms. The Morgan fingerprint density at radius 2 is 1.29 bits per heavy atom. The molecule has 7 rings (SSSR count). The zero-order chi connectivity index (χ0) is 28.8. The molecule has 7 nitrogen and oxygen atoms in total. The van der Waals surface area contributed by atoms with Gasteiger partial charge in [-0.15, -0.1) is 0 Å². The van der Waals surface area contributed by atoms with Gasteiger partial charge in [-0.25, -0.2) is 4.79 Å². The molecule has 4 aliphatic rings. The number of esters is 1. The van der Waals surface area contributed by atoms with Crippen molar-refractivity contribution >= 4 is 29.4 Å². The molecule has 3 aromatic carbocycles. The number of aryl methyl sites for hydroxylation is 2. The number of rotatable bonds is 8. The van der Waals surface area contributed by atoms with Gasteiger partial charge in [0.05, 0.1) is 11.8 Å². The summed E-state index contributed by atoms with van der Waals surface area (Å²) in [6.07, 6.45) is 1.70. The highest BCUT2D eigenvalue weighted by molar-refractivity contribution is 6.10. The Morgan fingerprint density at radius 1 is 0.805 bits per heavy atom. The molecule has 1 fully saturated rings. The molecule has 0 saturated carbocycles. The number of para-hydroxylation sites is 1. The second-order valence-electron chi connectivity index (χ2n) is 11.4. The number of ether oxygens (including phenoxy) is 1. The van der Waals surface area contributed by atoms with Gasteiger partial charge < -0.3 is 10.1 Å². The van der Waals surface area contributed by atoms with Crippen LogP contribution in [-0.2, 0) is 23.9 Å². The Morgan fingerprint density at radius 3 is 1.76 bits per heavy atom. The molecule has 41 heavy (non-hydrogen) atoms. The Hall–Kier alpha value is -4.26. The van der Waals surface area contributed by atoms with Crippen molar-refractivity contribution in [1.29, 1.82) is 0 Å². The van der Waals surface area contributed by atoms with E-state index in [1.54, 1.807) is 0 Å². The van der Waals surface area contributed by atoms with Gasteiger partial charge in [-0.3, -0.25) is 19.3 Å². The highest BCUT2D eigenvalue weighted by Gasteiger charge is 2.63. The standard InChI is InChI=1S/C34H34N2O5/c1-4-5-17-25(34(40)41-18-26(37)35-31-19(2)11-10-12-20(31)3)36-32(38)29-27-21-13-6-7-14-22(21)28(30(29)33(36)39)24-16-9-8-15-23(24)27/h6-16,25,27-30H,4-5,17-18H2,1-3H3,(H,35,37)/t25-,27?,28?,29-,30+/m1/s1. The van der Waals surface area contributed by atoms with Crippen LogP contribution in [-0.4, -0.2) is 41.2 Å². The van der Waals surface area contributed by atoms with Crippen LogP contribution in [0.4, 0.5) is 5.69 Å². The molecule has 0 spiro atoms. The van der Waals surface area contributed by atoms with Gasteiger partial charge >= 0.3 is 5.97 Å². The lowest BCUT2D eigenvalue weighted by Crippen LogP contribution is -2.47. The molecule has 1 saturated heterocycles. The number of anilines is 1. The molecule has 1 N–H and O–H groups in total. The van der Waals surface area contributed by atoms with Crippen LogP contribution in [0.3, 0.4) is 0 Å². The van der Waals surface area contributed by atoms with E-state index in [0.29, 0.717) is 18.5 Å². The third-order valence-electron chi connectivity index (χ3n) is 8.99. The summed E-state index contributed by atoms with van der Waals surface area (Å²) in [6, 6.07) is 20.7. The molecule has 0 unspecified atom stereocenters. The quantitative estimate of drug-likeness (QED) is 0.306. The Kier molecular flexibility index (Phi) is 6.98. The zero-order valence-corrected chi connectivity index (χ0v) is 23.6. The monoisotopic (exact) mass is 550 g/mol. The average molecular weight is 551 g/mol. The molecule has 1 aliphatic heterocycles. The highest BCUT2D eigenvalue weighted by Crippen LogP contribution is 2.61. The van der Waals surface area contributed by atoms with Crippen LogP contribution in [0.5, 0.6) is 0 Å². The largest absolute Gasteiger partial charge is 0.454 e. The molecule has 0 radical (unpaired) electrons. The summed E-state index contributed by atoms with van der Waals surface area (Å²) in [7, 11) is 0. The summed E-state index contributed by atoms with van der Waals surface area (Å²) >= 11 is 0. The smallest absolute Gasteiger partial charge is 0.329 e. The SMILES string of the molecule is CCCC[C@H](C(=O)OCC(=O)Nc1c(C)cccc1C)N1C(=O)[C@@H]2C3c4ccccc4C(c4ccccc43)[C@@H]2C1=O. The number of carbonyl (C=O) groups excluding carboxylic acids is 4. The van der Waals surface area contributed by atoms with Gasteiger partial charge in [-0.2, -0.15) is 0 Å². The highest BCUT2D eigenvalue weighted by atomic mass is 16.5. The number of hydrogen-bond donors (Lipinski definition) is 1. The minimum absolute atomic E-state index is 0.246. The summed E-state index contributed by atoms with van der Waals surface area (Å²) < 4.78 is 5.47. The summed E-state index contributed by atoms with van der Waals surface area (Å²) in [6.45, 7) is 5.27. The van der Waals surface area contributed by atoms with Crippen LogP contribution in [0.15, 0.2) is 66.7 Å². The van der Waals surface area contributed by atoms with Crippen LogP contribution in [0, 0.1) is 25.7 Å². The fourth-order valence-corrected chi connectivity index (χ4v) is 7.18. The first kappa shape index (κ1) is 26.9. The summed E-state index contributed by atoms with van der Waals surface area (Å²) in [4.78, 5) is 55.7. The summed E-state index contributed by atoms with van der Waals surface area (Å²) in [5.74, 6) is -3.47. The lowest BCUT2D eigenvalue weighted by Gasteiger charge is -2.45. The molecule has 3 atom stereocenters. The van der Waals surface area contributed by atoms with Gasteiger partial charge in [-0.05, 0) is 53.6 Å². The van der Waals surface area contributed by atoms with Crippen molar-refractivity contribution in [3.8, 4) is 0 Å². The molecule has 3 aromatic rings. The Labute approximate surface area is 239 Å². The zero-order valence-electron chi connectivity index (χ0n) is 23.6. The summed E-state index contributed by atoms with van der Waals surface area (Å²) in [5.41, 5.74) is 6.80. The number of nitrogens with one attached hydrogen (secondary N) is 1. The van der Waals surface area contributed by atoms with Crippen LogP contribution < -0.4 is 5.32 Å². The average Bonchev–Trinajstić information content (AvgIpc) is 3.24. The van der Waals surface area contributed by atoms with Crippen molar-refractivity contribution in [1.82, 2.24) is 4.90 Å². The number of amides is 3. The van der Waals surface area contributed by atoms with Crippen molar-refractivity contribution in [2.24, 2.45) is 11.8 Å². The van der Waals surface area contributed by atoms with E-state index >= 15 is 0 Å². The number of nitrogens with zero attached hydrogens (tertiary/aromatic N) is 1. The number of unbranched alkanes of at least 4 members (excludes halogenated alkanes) is 1. The maximum absolute atomic E-state index is 14.1. The van der Waals surface area contributed by atoms with Crippen LogP contribution in [0.2, 0.25) is 0 Å². The molecule has 3 aliphatic carbocycles. The topological polar surface area (TPSA) is 92.8 Å². The summed E-state index contributed by atoms with van der Waals surface area (Å²) in [5, 5.41) is 2.82. The number of imide groups is 1. The molecule has 1 heterocycles. The van der Waals surface area contributed by atoms with E-state index in [9.17, 15) is 19.2 Å². The minimum atomic E-state index is -1.07. The van der Waals surface area contributed by atoms with Gasteiger partial charge in [0, 0.05) is 17.5 Å². The van der Waals surface area contributed by atoms with E-state index in [1.807, 2.05) is 63.2 Å². The first-order valence-electron chi connectivity index (χ1n) is 14.4. The third-order valence-corrected chi connectivity index (χ3v) is 8.99. The van der Waals surface area contributed by atoms with Gasteiger partial charge in [0.25, 0.3) is 5.91 Å². The molecule has 3 amide bonds. The van der Waals surface area contributed by atoms with E-state index in [1.165, 1.54) is 4.90 Å². The second-order valence-corrected chi connectivity index (χ2v) is 11.4. The molecular weight excluding hydrogens is 516 g/mol. The molecule has 210 valence electrons. The van der Waals surface area contributed by atoms with Gasteiger partial charge in [-0.1, -0.05) is 86.5 Å². The van der Waals surface area contributed by atoms with E-state index in [0.717, 1.165) is 39.8 Å². The maximum Gasteiger partial charge on any atom is 0.329 e. The Bertz CT molecular complexity index is 1430. The first-order chi connectivity index (χ1) is 19.8. The number of carbonyl (C=O) groups is 4. The number of hydrogen-bond acceptors (Lipinski definition) is 5. The van der Waals surface area contributed by atoms with E-state index in [-0.39, 0.29) is 23.7 Å². The van der Waals surface area contributed by atoms with Gasteiger partial charge in [0.2, 0.25) is 11.8 Å². The fourth-order valence-electron chi connectivity index (χ4n) is 7.18. The number of benzene rings is 3. The lowest BCUT2D eigenvalue weighted by atomic mass is 9.55. The van der Waals surface area contributed by atoms with Crippen LogP contribution >= 0.6 is 0 Å². The van der Waals surface area contributed by atoms with Crippen molar-refractivity contribution in [3.63, 3.8) is 0 Å². The van der Waals surface area contributed by atoms with E-state index in [2.05, 4.69) is 29.6 Å². The Balaban J connectivity index is 1.26. The minimum Gasteiger partial charge on any atom is -0.454 e. The fraction of sp³-hybridized carbons (Fsp3) is 0.353.